The number of sulfonamides is 1. The number of benzene rings is 2. The number of aromatic nitrogens is 1. The number of thiazole rings is 1. The van der Waals surface area contributed by atoms with E-state index in [1.807, 2.05) is 18.2 Å². The number of amides is 1. The summed E-state index contributed by atoms with van der Waals surface area (Å²) in [6.45, 7) is 4.01. The zero-order valence-corrected chi connectivity index (χ0v) is 23.1. The lowest BCUT2D eigenvalue weighted by Gasteiger charge is -2.30. The van der Waals surface area contributed by atoms with Crippen LogP contribution in [0.5, 0.6) is 0 Å². The van der Waals surface area contributed by atoms with E-state index in [9.17, 15) is 18.0 Å². The van der Waals surface area contributed by atoms with Crippen LogP contribution in [0.25, 0.3) is 10.2 Å². The lowest BCUT2D eigenvalue weighted by Crippen LogP contribution is -2.38. The Morgan fingerprint density at radius 1 is 1.08 bits per heavy atom. The van der Waals surface area contributed by atoms with Gasteiger partial charge in [-0.3, -0.25) is 9.59 Å². The lowest BCUT2D eigenvalue weighted by atomic mass is 9.96. The second-order valence-corrected chi connectivity index (χ2v) is 12.2. The smallest absolute Gasteiger partial charge is 0.326 e. The van der Waals surface area contributed by atoms with Crippen molar-refractivity contribution in [3.63, 3.8) is 0 Å². The van der Waals surface area contributed by atoms with Gasteiger partial charge in [0.25, 0.3) is 5.91 Å². The zero-order chi connectivity index (χ0) is 26.6. The SMILES string of the molecule is CCOC(=O)Cn1c(=NC(=O)c2ccc(S(=O)(=O)N(C)C3CCCCC3)cc2)sc2cc(CC)ccc21. The second-order valence-electron chi connectivity index (χ2n) is 9.19. The first-order valence-electron chi connectivity index (χ1n) is 12.7. The average Bonchev–Trinajstić information content (AvgIpc) is 3.24. The highest BCUT2D eigenvalue weighted by Crippen LogP contribution is 2.27. The molecule has 8 nitrogen and oxygen atoms in total. The number of ether oxygens (including phenoxy) is 1. The van der Waals surface area contributed by atoms with Gasteiger partial charge in [-0.25, -0.2) is 8.42 Å². The number of aryl methyl sites for hydroxylation is 1. The standard InChI is InChI=1S/C27H33N3O5S2/c1-4-19-11-16-23-24(17-19)36-27(30(23)18-25(31)35-5-2)28-26(32)20-12-14-22(15-13-20)37(33,34)29(3)21-9-7-6-8-10-21/h11-17,21H,4-10,18H2,1-3H3. The predicted octanol–water partition coefficient (Wildman–Crippen LogP) is 4.52. The minimum Gasteiger partial charge on any atom is -0.465 e. The molecular weight excluding hydrogens is 510 g/mol. The van der Waals surface area contributed by atoms with Gasteiger partial charge in [-0.2, -0.15) is 9.30 Å². The van der Waals surface area contributed by atoms with Gasteiger partial charge in [0, 0.05) is 18.7 Å². The summed E-state index contributed by atoms with van der Waals surface area (Å²) in [7, 11) is -2.02. The average molecular weight is 544 g/mol. The van der Waals surface area contributed by atoms with Gasteiger partial charge in [-0.1, -0.05) is 43.6 Å². The van der Waals surface area contributed by atoms with Crippen LogP contribution in [0, 0.1) is 0 Å². The van der Waals surface area contributed by atoms with Crippen molar-refractivity contribution in [2.24, 2.45) is 4.99 Å². The number of nitrogens with zero attached hydrogens (tertiary/aromatic N) is 3. The fourth-order valence-electron chi connectivity index (χ4n) is 4.64. The van der Waals surface area contributed by atoms with Crippen molar-refractivity contribution in [2.75, 3.05) is 13.7 Å². The molecule has 1 heterocycles. The minimum absolute atomic E-state index is 0.00564. The van der Waals surface area contributed by atoms with Gasteiger partial charge in [0.15, 0.2) is 4.80 Å². The van der Waals surface area contributed by atoms with Crippen molar-refractivity contribution in [1.29, 1.82) is 0 Å². The number of esters is 1. The lowest BCUT2D eigenvalue weighted by molar-refractivity contribution is -0.143. The normalized spacial score (nSPS) is 15.4. The first kappa shape index (κ1) is 27.2. The fraction of sp³-hybridized carbons (Fsp3) is 0.444. The number of rotatable bonds is 8. The molecule has 3 aromatic rings. The van der Waals surface area contributed by atoms with Crippen LogP contribution >= 0.6 is 11.3 Å². The molecule has 4 rings (SSSR count). The molecule has 0 bridgehead atoms. The van der Waals surface area contributed by atoms with Crippen LogP contribution in [0.15, 0.2) is 52.4 Å². The maximum Gasteiger partial charge on any atom is 0.326 e. The number of carbonyl (C=O) groups is 2. The van der Waals surface area contributed by atoms with Gasteiger partial charge in [0.05, 0.1) is 21.7 Å². The predicted molar refractivity (Wildman–Crippen MR) is 144 cm³/mol. The molecule has 0 saturated heterocycles. The topological polar surface area (TPSA) is 98.0 Å². The molecule has 0 unspecified atom stereocenters. The number of carbonyl (C=O) groups excluding carboxylic acids is 2. The molecule has 0 radical (unpaired) electrons. The Morgan fingerprint density at radius 2 is 1.78 bits per heavy atom. The van der Waals surface area contributed by atoms with E-state index in [1.165, 1.54) is 39.9 Å². The third-order valence-electron chi connectivity index (χ3n) is 6.81. The maximum atomic E-state index is 13.1. The highest BCUT2D eigenvalue weighted by molar-refractivity contribution is 7.89. The van der Waals surface area contributed by atoms with Gasteiger partial charge in [-0.15, -0.1) is 0 Å². The molecule has 198 valence electrons. The van der Waals surface area contributed by atoms with Gasteiger partial charge >= 0.3 is 5.97 Å². The monoisotopic (exact) mass is 543 g/mol. The Hall–Kier alpha value is -2.82. The summed E-state index contributed by atoms with van der Waals surface area (Å²) < 4.78 is 35.4. The molecule has 1 fully saturated rings. The van der Waals surface area contributed by atoms with E-state index in [0.29, 0.717) is 4.80 Å². The Balaban J connectivity index is 1.64. The van der Waals surface area contributed by atoms with Crippen LogP contribution in [0.4, 0.5) is 0 Å². The molecule has 1 saturated carbocycles. The van der Waals surface area contributed by atoms with Gasteiger partial charge in [0.1, 0.15) is 6.54 Å². The Labute approximate surface area is 221 Å². The number of fused-ring (bicyclic) bond motifs is 1. The Morgan fingerprint density at radius 3 is 2.43 bits per heavy atom. The molecule has 1 aliphatic carbocycles. The summed E-state index contributed by atoms with van der Waals surface area (Å²) >= 11 is 1.33. The van der Waals surface area contributed by atoms with Crippen LogP contribution in [0.3, 0.4) is 0 Å². The van der Waals surface area contributed by atoms with Crippen molar-refractivity contribution >= 4 is 43.5 Å². The quantitative estimate of drug-likeness (QED) is 0.389. The van der Waals surface area contributed by atoms with Crippen LogP contribution in [0.2, 0.25) is 0 Å². The van der Waals surface area contributed by atoms with Crippen LogP contribution in [0.1, 0.15) is 61.9 Å². The van der Waals surface area contributed by atoms with E-state index >= 15 is 0 Å². The fourth-order valence-corrected chi connectivity index (χ4v) is 7.15. The molecule has 0 spiro atoms. The molecule has 1 amide bonds. The van der Waals surface area contributed by atoms with Crippen LogP contribution in [-0.2, 0) is 32.5 Å². The van der Waals surface area contributed by atoms with Crippen LogP contribution in [-0.4, -0.2) is 48.9 Å². The van der Waals surface area contributed by atoms with Crippen molar-refractivity contribution in [2.45, 2.75) is 69.9 Å². The summed E-state index contributed by atoms with van der Waals surface area (Å²) in [5.41, 5.74) is 2.22. The summed E-state index contributed by atoms with van der Waals surface area (Å²) in [5.74, 6) is -0.920. The molecule has 10 heteroatoms. The molecule has 0 aliphatic heterocycles. The highest BCUT2D eigenvalue weighted by Gasteiger charge is 2.29. The molecule has 2 aromatic carbocycles. The first-order chi connectivity index (χ1) is 17.7. The van der Waals surface area contributed by atoms with Gasteiger partial charge in [-0.05, 0) is 68.1 Å². The molecule has 37 heavy (non-hydrogen) atoms. The van der Waals surface area contributed by atoms with E-state index in [-0.39, 0.29) is 29.7 Å². The third-order valence-corrected chi connectivity index (χ3v) is 9.78. The van der Waals surface area contributed by atoms with Crippen molar-refractivity contribution in [1.82, 2.24) is 8.87 Å². The summed E-state index contributed by atoms with van der Waals surface area (Å²) in [4.78, 5) is 30.2. The first-order valence-corrected chi connectivity index (χ1v) is 14.9. The molecular formula is C27H33N3O5S2. The van der Waals surface area contributed by atoms with Crippen LogP contribution < -0.4 is 4.80 Å². The maximum absolute atomic E-state index is 13.1. The molecule has 0 atom stereocenters. The summed E-state index contributed by atoms with van der Waals surface area (Å²) in [6, 6.07) is 11.9. The van der Waals surface area contributed by atoms with Crippen molar-refractivity contribution < 1.29 is 22.7 Å². The summed E-state index contributed by atoms with van der Waals surface area (Å²) in [6.07, 6.45) is 5.81. The van der Waals surface area contributed by atoms with E-state index in [4.69, 9.17) is 4.74 Å². The molecule has 0 N–H and O–H groups in total. The molecule has 1 aromatic heterocycles. The molecule has 1 aliphatic rings. The summed E-state index contributed by atoms with van der Waals surface area (Å²) in [5, 5.41) is 0. The Kier molecular flexibility index (Phi) is 8.61. The largest absolute Gasteiger partial charge is 0.465 e. The van der Waals surface area contributed by atoms with E-state index in [0.717, 1.165) is 54.3 Å². The number of hydrogen-bond donors (Lipinski definition) is 0. The Bertz CT molecular complexity index is 1450. The minimum atomic E-state index is -3.65. The third kappa shape index (κ3) is 6.02. The van der Waals surface area contributed by atoms with Gasteiger partial charge < -0.3 is 9.30 Å². The van der Waals surface area contributed by atoms with Crippen molar-refractivity contribution in [3.05, 3.63) is 58.4 Å². The van der Waals surface area contributed by atoms with E-state index < -0.39 is 21.9 Å². The van der Waals surface area contributed by atoms with E-state index in [2.05, 4.69) is 11.9 Å². The zero-order valence-electron chi connectivity index (χ0n) is 21.5. The van der Waals surface area contributed by atoms with Crippen molar-refractivity contribution in [3.8, 4) is 0 Å². The van der Waals surface area contributed by atoms with E-state index in [1.54, 1.807) is 18.5 Å². The number of hydrogen-bond acceptors (Lipinski definition) is 6. The highest BCUT2D eigenvalue weighted by atomic mass is 32.2. The van der Waals surface area contributed by atoms with Gasteiger partial charge in [0.2, 0.25) is 10.0 Å². The second kappa shape index (κ2) is 11.7.